The number of hydrogen-bond acceptors (Lipinski definition) is 2. The molecule has 2 nitrogen and oxygen atoms in total. The first-order chi connectivity index (χ1) is 7.15. The Bertz CT molecular complexity index is 336. The van der Waals surface area contributed by atoms with E-state index in [-0.39, 0.29) is 10.8 Å². The van der Waals surface area contributed by atoms with E-state index in [2.05, 4.69) is 15.9 Å². The van der Waals surface area contributed by atoms with Crippen molar-refractivity contribution >= 4 is 21.9 Å². The monoisotopic (exact) mass is 270 g/mol. The zero-order valence-electron chi connectivity index (χ0n) is 9.00. The third-order valence-electron chi connectivity index (χ3n) is 2.20. The van der Waals surface area contributed by atoms with Crippen LogP contribution in [0.15, 0.2) is 24.3 Å². The molecule has 0 saturated heterocycles. The molecule has 0 aliphatic rings. The Labute approximate surface area is 98.8 Å². The molecule has 15 heavy (non-hydrogen) atoms. The minimum Gasteiger partial charge on any atom is -0.465 e. The third-order valence-corrected chi connectivity index (χ3v) is 2.90. The van der Waals surface area contributed by atoms with Gasteiger partial charge in [0.2, 0.25) is 0 Å². The molecule has 0 N–H and O–H groups in total. The summed E-state index contributed by atoms with van der Waals surface area (Å²) >= 11 is 3.34. The lowest BCUT2D eigenvalue weighted by Gasteiger charge is -2.10. The molecule has 1 rings (SSSR count). The predicted octanol–water partition coefficient (Wildman–Crippen LogP) is 2.86. The Morgan fingerprint density at radius 2 is 2.13 bits per heavy atom. The van der Waals surface area contributed by atoms with Crippen molar-refractivity contribution < 1.29 is 9.53 Å². The smallest absolute Gasteiger partial charge is 0.320 e. The maximum absolute atomic E-state index is 11.4. The van der Waals surface area contributed by atoms with Crippen LogP contribution in [0.5, 0.6) is 0 Å². The van der Waals surface area contributed by atoms with Gasteiger partial charge in [0, 0.05) is 0 Å². The van der Waals surface area contributed by atoms with Crippen LogP contribution in [0.4, 0.5) is 0 Å². The number of esters is 1. The maximum atomic E-state index is 11.4. The number of hydrogen-bond donors (Lipinski definition) is 0. The summed E-state index contributed by atoms with van der Waals surface area (Å²) in [5, 5.41) is 0. The number of carbonyl (C=O) groups excluding carboxylic acids is 1. The van der Waals surface area contributed by atoms with Crippen LogP contribution in [-0.4, -0.2) is 17.4 Å². The molecule has 0 fully saturated rings. The van der Waals surface area contributed by atoms with E-state index in [9.17, 15) is 4.79 Å². The quantitative estimate of drug-likeness (QED) is 0.621. The summed E-state index contributed by atoms with van der Waals surface area (Å²) in [6, 6.07) is 8.04. The Morgan fingerprint density at radius 3 is 2.73 bits per heavy atom. The first kappa shape index (κ1) is 12.2. The molecule has 0 heterocycles. The Kier molecular flexibility index (Phi) is 4.82. The van der Waals surface area contributed by atoms with Gasteiger partial charge in [-0.15, -0.1) is 0 Å². The number of alkyl halides is 1. The Morgan fingerprint density at radius 1 is 1.47 bits per heavy atom. The van der Waals surface area contributed by atoms with Gasteiger partial charge in [0.15, 0.2) is 0 Å². The van der Waals surface area contributed by atoms with E-state index >= 15 is 0 Å². The van der Waals surface area contributed by atoms with Gasteiger partial charge in [0.1, 0.15) is 4.83 Å². The molecule has 0 radical (unpaired) electrons. The van der Waals surface area contributed by atoms with E-state index in [1.165, 1.54) is 11.1 Å². The third kappa shape index (κ3) is 3.67. The molecule has 0 spiro atoms. The van der Waals surface area contributed by atoms with E-state index in [0.29, 0.717) is 13.0 Å². The number of ether oxygens (including phenoxy) is 1. The van der Waals surface area contributed by atoms with Crippen LogP contribution in [0.2, 0.25) is 0 Å². The fourth-order valence-electron chi connectivity index (χ4n) is 1.35. The van der Waals surface area contributed by atoms with Gasteiger partial charge in [0.25, 0.3) is 0 Å². The lowest BCUT2D eigenvalue weighted by atomic mass is 10.0. The fraction of sp³-hybridized carbons (Fsp3) is 0.417. The van der Waals surface area contributed by atoms with Crippen molar-refractivity contribution in [2.75, 3.05) is 6.61 Å². The van der Waals surface area contributed by atoms with Gasteiger partial charge in [-0.1, -0.05) is 40.2 Å². The largest absolute Gasteiger partial charge is 0.465 e. The first-order valence-corrected chi connectivity index (χ1v) is 5.92. The highest BCUT2D eigenvalue weighted by Gasteiger charge is 2.16. The Balaban J connectivity index is 2.62. The van der Waals surface area contributed by atoms with E-state index in [1.807, 2.05) is 38.1 Å². The fourth-order valence-corrected chi connectivity index (χ4v) is 1.83. The maximum Gasteiger partial charge on any atom is 0.320 e. The standard InChI is InChI=1S/C12H15BrO2/c1-3-15-12(14)11(13)8-10-7-5-4-6-9(10)2/h4-7,11H,3,8H2,1-2H3. The molecule has 0 amide bonds. The molecule has 3 heteroatoms. The topological polar surface area (TPSA) is 26.3 Å². The highest BCUT2D eigenvalue weighted by Crippen LogP contribution is 2.15. The van der Waals surface area contributed by atoms with E-state index in [0.717, 1.165) is 0 Å². The lowest BCUT2D eigenvalue weighted by molar-refractivity contribution is -0.142. The van der Waals surface area contributed by atoms with Crippen LogP contribution in [0.1, 0.15) is 18.1 Å². The minimum absolute atomic E-state index is 0.194. The van der Waals surface area contributed by atoms with Gasteiger partial charge in [-0.05, 0) is 31.4 Å². The van der Waals surface area contributed by atoms with Crippen LogP contribution < -0.4 is 0 Å². The molecule has 1 aromatic carbocycles. The summed E-state index contributed by atoms with van der Waals surface area (Å²) in [6.45, 7) is 4.28. The lowest BCUT2D eigenvalue weighted by Crippen LogP contribution is -2.20. The highest BCUT2D eigenvalue weighted by molar-refractivity contribution is 9.10. The average molecular weight is 271 g/mol. The van der Waals surface area contributed by atoms with Crippen molar-refractivity contribution in [2.45, 2.75) is 25.1 Å². The van der Waals surface area contributed by atoms with Crippen LogP contribution in [0.3, 0.4) is 0 Å². The summed E-state index contributed by atoms with van der Waals surface area (Å²) in [5.41, 5.74) is 2.37. The van der Waals surface area contributed by atoms with Crippen molar-refractivity contribution in [2.24, 2.45) is 0 Å². The van der Waals surface area contributed by atoms with Gasteiger partial charge >= 0.3 is 5.97 Å². The second-order valence-corrected chi connectivity index (χ2v) is 4.46. The number of carbonyl (C=O) groups is 1. The minimum atomic E-state index is -0.251. The second kappa shape index (κ2) is 5.91. The van der Waals surface area contributed by atoms with Gasteiger partial charge in [-0.25, -0.2) is 0 Å². The van der Waals surface area contributed by atoms with E-state index < -0.39 is 0 Å². The molecular formula is C12H15BrO2. The summed E-state index contributed by atoms with van der Waals surface area (Å²) in [5.74, 6) is -0.194. The number of halogens is 1. The van der Waals surface area contributed by atoms with E-state index in [1.54, 1.807) is 0 Å². The van der Waals surface area contributed by atoms with Crippen LogP contribution in [-0.2, 0) is 16.0 Å². The summed E-state index contributed by atoms with van der Waals surface area (Å²) in [4.78, 5) is 11.1. The van der Waals surface area contributed by atoms with Crippen molar-refractivity contribution in [3.8, 4) is 0 Å². The van der Waals surface area contributed by atoms with Gasteiger partial charge in [0.05, 0.1) is 6.61 Å². The number of benzene rings is 1. The molecule has 0 aromatic heterocycles. The molecule has 0 saturated carbocycles. The molecule has 1 unspecified atom stereocenters. The summed E-state index contributed by atoms with van der Waals surface area (Å²) in [6.07, 6.45) is 0.672. The molecule has 0 bridgehead atoms. The van der Waals surface area contributed by atoms with Crippen molar-refractivity contribution in [3.63, 3.8) is 0 Å². The first-order valence-electron chi connectivity index (χ1n) is 5.00. The molecule has 1 atom stereocenters. The molecular weight excluding hydrogens is 256 g/mol. The number of aryl methyl sites for hydroxylation is 1. The SMILES string of the molecule is CCOC(=O)C(Br)Cc1ccccc1C. The normalized spacial score (nSPS) is 12.2. The predicted molar refractivity (Wildman–Crippen MR) is 64.2 cm³/mol. The van der Waals surface area contributed by atoms with Gasteiger partial charge < -0.3 is 4.74 Å². The summed E-state index contributed by atoms with van der Waals surface area (Å²) in [7, 11) is 0. The zero-order chi connectivity index (χ0) is 11.3. The van der Waals surface area contributed by atoms with Crippen LogP contribution in [0.25, 0.3) is 0 Å². The average Bonchev–Trinajstić information content (AvgIpc) is 2.21. The van der Waals surface area contributed by atoms with Gasteiger partial charge in [-0.3, -0.25) is 4.79 Å². The van der Waals surface area contributed by atoms with Gasteiger partial charge in [-0.2, -0.15) is 0 Å². The number of rotatable bonds is 4. The van der Waals surface area contributed by atoms with Crippen molar-refractivity contribution in [3.05, 3.63) is 35.4 Å². The Hall–Kier alpha value is -0.830. The molecule has 0 aliphatic carbocycles. The highest BCUT2D eigenvalue weighted by atomic mass is 79.9. The molecule has 1 aromatic rings. The second-order valence-electron chi connectivity index (χ2n) is 3.35. The van der Waals surface area contributed by atoms with Crippen LogP contribution in [0, 0.1) is 6.92 Å². The summed E-state index contributed by atoms with van der Waals surface area (Å²) < 4.78 is 4.93. The van der Waals surface area contributed by atoms with Crippen LogP contribution >= 0.6 is 15.9 Å². The molecule has 0 aliphatic heterocycles. The van der Waals surface area contributed by atoms with E-state index in [4.69, 9.17) is 4.74 Å². The van der Waals surface area contributed by atoms with Crippen molar-refractivity contribution in [1.29, 1.82) is 0 Å². The molecule has 82 valence electrons. The zero-order valence-corrected chi connectivity index (χ0v) is 10.6. The van der Waals surface area contributed by atoms with Crippen molar-refractivity contribution in [1.82, 2.24) is 0 Å².